The van der Waals surface area contributed by atoms with Crippen LogP contribution < -0.4 is 0 Å². The van der Waals surface area contributed by atoms with E-state index in [1.165, 1.54) is 14.0 Å². The monoisotopic (exact) mass is 192 g/mol. The molecule has 13 heavy (non-hydrogen) atoms. The lowest BCUT2D eigenvalue weighted by Crippen LogP contribution is -2.52. The zero-order chi connectivity index (χ0) is 10.0. The molecule has 0 aromatic rings. The second kappa shape index (κ2) is 4.34. The van der Waals surface area contributed by atoms with Crippen LogP contribution in [0.15, 0.2) is 0 Å². The summed E-state index contributed by atoms with van der Waals surface area (Å²) in [5.74, 6) is 0. The Labute approximate surface area is 76.9 Å². The minimum Gasteiger partial charge on any atom is -0.391 e. The molecule has 5 heteroatoms. The summed E-state index contributed by atoms with van der Waals surface area (Å²) in [6.07, 6.45) is -3.90. The van der Waals surface area contributed by atoms with E-state index in [1.807, 2.05) is 0 Å². The maximum absolute atomic E-state index is 9.43. The van der Waals surface area contributed by atoms with E-state index < -0.39 is 30.7 Å². The zero-order valence-electron chi connectivity index (χ0n) is 7.75. The van der Waals surface area contributed by atoms with E-state index in [4.69, 9.17) is 9.47 Å². The third-order valence-corrected chi connectivity index (χ3v) is 2.21. The van der Waals surface area contributed by atoms with E-state index in [0.717, 1.165) is 0 Å². The number of hydrogen-bond acceptors (Lipinski definition) is 5. The standard InChI is InChI=1S/C8H16O5/c1-4(9)8-7(11)5(10)3-6(12-2)13-8/h4-11H,3H2,1-2H3/t4-,5?,6+,7+,8?/m1/s1. The van der Waals surface area contributed by atoms with E-state index in [-0.39, 0.29) is 6.42 Å². The van der Waals surface area contributed by atoms with Crippen LogP contribution in [0.5, 0.6) is 0 Å². The Morgan fingerprint density at radius 1 is 1.46 bits per heavy atom. The molecule has 1 aliphatic rings. The summed E-state index contributed by atoms with van der Waals surface area (Å²) in [6, 6.07) is 0. The molecule has 0 aliphatic carbocycles. The van der Waals surface area contributed by atoms with Crippen LogP contribution in [0.25, 0.3) is 0 Å². The predicted molar refractivity (Wildman–Crippen MR) is 44.0 cm³/mol. The average Bonchev–Trinajstić information content (AvgIpc) is 2.09. The van der Waals surface area contributed by atoms with Crippen molar-refractivity contribution in [2.75, 3.05) is 7.11 Å². The Morgan fingerprint density at radius 3 is 2.54 bits per heavy atom. The first-order chi connectivity index (χ1) is 6.06. The maximum Gasteiger partial charge on any atom is 0.160 e. The van der Waals surface area contributed by atoms with Crippen LogP contribution in [0.3, 0.4) is 0 Å². The third kappa shape index (κ3) is 2.38. The molecule has 78 valence electrons. The van der Waals surface area contributed by atoms with E-state index >= 15 is 0 Å². The van der Waals surface area contributed by atoms with Gasteiger partial charge in [0.05, 0.1) is 12.2 Å². The molecule has 0 aromatic carbocycles. The Bertz CT molecular complexity index is 161. The molecule has 1 fully saturated rings. The van der Waals surface area contributed by atoms with Crippen LogP contribution in [-0.4, -0.2) is 53.1 Å². The molecule has 0 bridgehead atoms. The Kier molecular flexibility index (Phi) is 3.63. The summed E-state index contributed by atoms with van der Waals surface area (Å²) in [6.45, 7) is 1.50. The fraction of sp³-hybridized carbons (Fsp3) is 1.00. The van der Waals surface area contributed by atoms with Crippen LogP contribution in [0.1, 0.15) is 13.3 Å². The number of ether oxygens (including phenoxy) is 2. The Hall–Kier alpha value is -0.200. The largest absolute Gasteiger partial charge is 0.391 e. The molecular formula is C8H16O5. The summed E-state index contributed by atoms with van der Waals surface area (Å²) in [4.78, 5) is 0. The molecular weight excluding hydrogens is 176 g/mol. The summed E-state index contributed by atoms with van der Waals surface area (Å²) in [7, 11) is 1.45. The lowest BCUT2D eigenvalue weighted by molar-refractivity contribution is -0.260. The molecule has 0 saturated carbocycles. The number of methoxy groups -OCH3 is 1. The molecule has 0 spiro atoms. The van der Waals surface area contributed by atoms with Gasteiger partial charge in [-0.05, 0) is 6.92 Å². The highest BCUT2D eigenvalue weighted by atomic mass is 16.7. The second-order valence-corrected chi connectivity index (χ2v) is 3.30. The lowest BCUT2D eigenvalue weighted by atomic mass is 9.98. The summed E-state index contributed by atoms with van der Waals surface area (Å²) >= 11 is 0. The quantitative estimate of drug-likeness (QED) is 0.515. The van der Waals surface area contributed by atoms with Crippen molar-refractivity contribution in [3.05, 3.63) is 0 Å². The highest BCUT2D eigenvalue weighted by Crippen LogP contribution is 2.22. The number of aliphatic hydroxyl groups is 3. The van der Waals surface area contributed by atoms with Crippen LogP contribution >= 0.6 is 0 Å². The van der Waals surface area contributed by atoms with E-state index in [9.17, 15) is 15.3 Å². The number of rotatable bonds is 2. The van der Waals surface area contributed by atoms with Gasteiger partial charge in [-0.2, -0.15) is 0 Å². The van der Waals surface area contributed by atoms with Gasteiger partial charge in [0.1, 0.15) is 12.2 Å². The Morgan fingerprint density at radius 2 is 2.08 bits per heavy atom. The van der Waals surface area contributed by atoms with E-state index in [2.05, 4.69) is 0 Å². The molecule has 1 aliphatic heterocycles. The second-order valence-electron chi connectivity index (χ2n) is 3.30. The minimum atomic E-state index is -1.05. The first-order valence-corrected chi connectivity index (χ1v) is 4.28. The molecule has 1 saturated heterocycles. The van der Waals surface area contributed by atoms with Crippen LogP contribution in [0.2, 0.25) is 0 Å². The average molecular weight is 192 g/mol. The van der Waals surface area contributed by atoms with Gasteiger partial charge in [-0.25, -0.2) is 0 Å². The summed E-state index contributed by atoms with van der Waals surface area (Å²) in [5.41, 5.74) is 0. The SMILES string of the molecule is CO[C@@H]1CC(O)[C@H](O)C([C@@H](C)O)O1. The fourth-order valence-electron chi connectivity index (χ4n) is 1.42. The van der Waals surface area contributed by atoms with Gasteiger partial charge >= 0.3 is 0 Å². The van der Waals surface area contributed by atoms with Crippen molar-refractivity contribution in [2.45, 2.75) is 44.1 Å². The van der Waals surface area contributed by atoms with Crippen LogP contribution in [-0.2, 0) is 9.47 Å². The molecule has 3 N–H and O–H groups in total. The normalized spacial score (nSPS) is 43.2. The maximum atomic E-state index is 9.43. The van der Waals surface area contributed by atoms with Crippen LogP contribution in [0.4, 0.5) is 0 Å². The van der Waals surface area contributed by atoms with Gasteiger partial charge in [0.15, 0.2) is 6.29 Å². The van der Waals surface area contributed by atoms with Crippen molar-refractivity contribution >= 4 is 0 Å². The third-order valence-electron chi connectivity index (χ3n) is 2.21. The van der Waals surface area contributed by atoms with Gasteiger partial charge in [0.2, 0.25) is 0 Å². The Balaban J connectivity index is 2.60. The number of aliphatic hydroxyl groups excluding tert-OH is 3. The van der Waals surface area contributed by atoms with Gasteiger partial charge in [0, 0.05) is 13.5 Å². The van der Waals surface area contributed by atoms with Crippen molar-refractivity contribution in [3.8, 4) is 0 Å². The fourth-order valence-corrected chi connectivity index (χ4v) is 1.42. The molecule has 0 amide bonds. The van der Waals surface area contributed by atoms with Gasteiger partial charge in [-0.15, -0.1) is 0 Å². The number of hydrogen-bond donors (Lipinski definition) is 3. The highest BCUT2D eigenvalue weighted by Gasteiger charge is 2.39. The molecule has 0 radical (unpaired) electrons. The topological polar surface area (TPSA) is 79.2 Å². The van der Waals surface area contributed by atoms with Crippen molar-refractivity contribution in [2.24, 2.45) is 0 Å². The van der Waals surface area contributed by atoms with E-state index in [1.54, 1.807) is 0 Å². The first-order valence-electron chi connectivity index (χ1n) is 4.28. The minimum absolute atomic E-state index is 0.223. The molecule has 0 aromatic heterocycles. The van der Waals surface area contributed by atoms with Crippen molar-refractivity contribution in [3.63, 3.8) is 0 Å². The van der Waals surface area contributed by atoms with Gasteiger partial charge < -0.3 is 24.8 Å². The lowest BCUT2D eigenvalue weighted by Gasteiger charge is -2.37. The van der Waals surface area contributed by atoms with Gasteiger partial charge in [-0.3, -0.25) is 0 Å². The highest BCUT2D eigenvalue weighted by molar-refractivity contribution is 4.85. The van der Waals surface area contributed by atoms with Gasteiger partial charge in [0.25, 0.3) is 0 Å². The van der Waals surface area contributed by atoms with E-state index in [0.29, 0.717) is 0 Å². The van der Waals surface area contributed by atoms with Crippen molar-refractivity contribution < 1.29 is 24.8 Å². The van der Waals surface area contributed by atoms with Crippen molar-refractivity contribution in [1.29, 1.82) is 0 Å². The summed E-state index contributed by atoms with van der Waals surface area (Å²) < 4.78 is 10.1. The molecule has 1 heterocycles. The molecule has 5 nitrogen and oxygen atoms in total. The molecule has 5 atom stereocenters. The van der Waals surface area contributed by atoms with Gasteiger partial charge in [-0.1, -0.05) is 0 Å². The molecule has 1 rings (SSSR count). The zero-order valence-corrected chi connectivity index (χ0v) is 7.75. The van der Waals surface area contributed by atoms with Crippen LogP contribution in [0, 0.1) is 0 Å². The van der Waals surface area contributed by atoms with Crippen molar-refractivity contribution in [1.82, 2.24) is 0 Å². The predicted octanol–water partition coefficient (Wildman–Crippen LogP) is -1.15. The first kappa shape index (κ1) is 10.9. The smallest absolute Gasteiger partial charge is 0.160 e. The summed E-state index contributed by atoms with van der Waals surface area (Å²) in [5, 5.41) is 28.0. The molecule has 2 unspecified atom stereocenters.